The second kappa shape index (κ2) is 6.62. The van der Waals surface area contributed by atoms with E-state index in [1.807, 2.05) is 0 Å². The fourth-order valence-electron chi connectivity index (χ4n) is 1.61. The minimum absolute atomic E-state index is 0.838. The summed E-state index contributed by atoms with van der Waals surface area (Å²) in [5, 5.41) is 0. The molecule has 0 saturated carbocycles. The van der Waals surface area contributed by atoms with Crippen LogP contribution in [0.25, 0.3) is 0 Å². The molecule has 4 heteroatoms. The van der Waals surface area contributed by atoms with Crippen molar-refractivity contribution < 1.29 is 0 Å². The highest BCUT2D eigenvalue weighted by molar-refractivity contribution is 7.04. The summed E-state index contributed by atoms with van der Waals surface area (Å²) in [5.41, 5.74) is 0. The molecule has 0 spiro atoms. The van der Waals surface area contributed by atoms with Crippen molar-refractivity contribution in [2.45, 2.75) is 25.6 Å². The lowest BCUT2D eigenvalue weighted by Crippen LogP contribution is -2.31. The molecule has 1 fully saturated rings. The maximum absolute atomic E-state index is 3.85. The van der Waals surface area contributed by atoms with Crippen LogP contribution in [-0.4, -0.2) is 38.3 Å². The Labute approximate surface area is 78.3 Å². The van der Waals surface area contributed by atoms with Gasteiger partial charge in [0.25, 0.3) is 0 Å². The molecule has 1 heterocycles. The third kappa shape index (κ3) is 4.23. The van der Waals surface area contributed by atoms with Crippen molar-refractivity contribution in [2.75, 3.05) is 26.1 Å². The minimum atomic E-state index is 0.838. The number of hydrogen-bond donors (Lipinski definition) is 0. The molecule has 12 heavy (non-hydrogen) atoms. The molecule has 67 valence electrons. The number of hydrogen-bond acceptors (Lipinski definition) is 2. The fourth-order valence-corrected chi connectivity index (χ4v) is 1.74. The van der Waals surface area contributed by atoms with Gasteiger partial charge in [-0.1, -0.05) is 12.7 Å². The van der Waals surface area contributed by atoms with Gasteiger partial charge in [0, 0.05) is 6.44 Å². The van der Waals surface area contributed by atoms with E-state index < -0.39 is 0 Å². The Kier molecular flexibility index (Phi) is 5.63. The van der Waals surface area contributed by atoms with Gasteiger partial charge >= 0.3 is 0 Å². The third-order valence-electron chi connectivity index (χ3n) is 2.32. The average molecular weight is 183 g/mol. The summed E-state index contributed by atoms with van der Waals surface area (Å²) >= 11 is 0. The van der Waals surface area contributed by atoms with Gasteiger partial charge in [0.15, 0.2) is 0 Å². The van der Waals surface area contributed by atoms with Crippen LogP contribution >= 0.6 is 9.03 Å². The zero-order valence-electron chi connectivity index (χ0n) is 7.63. The number of nitrogens with zero attached hydrogens (tertiary/aromatic N) is 2. The zero-order valence-corrected chi connectivity index (χ0v) is 8.63. The average Bonchev–Trinajstić information content (AvgIpc) is 2.14. The summed E-state index contributed by atoms with van der Waals surface area (Å²) < 4.78 is 3.85. The van der Waals surface area contributed by atoms with Gasteiger partial charge < -0.3 is 4.90 Å². The topological polar surface area (TPSA) is 15.6 Å². The maximum atomic E-state index is 3.85. The van der Waals surface area contributed by atoms with E-state index in [1.165, 1.54) is 45.2 Å². The lowest BCUT2D eigenvalue weighted by atomic mass is 9.75. The van der Waals surface area contributed by atoms with Crippen LogP contribution in [0.4, 0.5) is 0 Å². The normalized spacial score (nSPS) is 19.0. The Balaban J connectivity index is 1.94. The highest BCUT2D eigenvalue weighted by Crippen LogP contribution is 2.08. The van der Waals surface area contributed by atoms with Crippen LogP contribution in [0.1, 0.15) is 19.3 Å². The molecule has 0 aromatic heterocycles. The molecule has 0 N–H and O–H groups in total. The molecule has 0 atom stereocenters. The van der Waals surface area contributed by atoms with E-state index >= 15 is 0 Å². The first kappa shape index (κ1) is 10.2. The van der Waals surface area contributed by atoms with E-state index in [9.17, 15) is 0 Å². The van der Waals surface area contributed by atoms with Crippen LogP contribution in [-0.2, 0) is 0 Å². The van der Waals surface area contributed by atoms with Crippen LogP contribution < -0.4 is 0 Å². The summed E-state index contributed by atoms with van der Waals surface area (Å²) in [4.78, 5) is 2.55. The molecule has 1 aliphatic heterocycles. The number of rotatable bonds is 5. The SMILES string of the molecule is P=NC[B]CCN1CCCCC1. The van der Waals surface area contributed by atoms with E-state index in [1.54, 1.807) is 0 Å². The van der Waals surface area contributed by atoms with Crippen molar-refractivity contribution >= 4 is 16.3 Å². The Bertz CT molecular complexity index is 126. The Hall–Kier alpha value is 0.125. The minimum Gasteiger partial charge on any atom is -0.304 e. The van der Waals surface area contributed by atoms with Gasteiger partial charge in [-0.25, -0.2) is 0 Å². The highest BCUT2D eigenvalue weighted by Gasteiger charge is 2.08. The molecule has 0 bridgehead atoms. The molecule has 0 aliphatic carbocycles. The smallest absolute Gasteiger partial charge is 0.140 e. The maximum Gasteiger partial charge on any atom is 0.140 e. The Morgan fingerprint density at radius 1 is 1.25 bits per heavy atom. The monoisotopic (exact) mass is 183 g/mol. The van der Waals surface area contributed by atoms with Crippen molar-refractivity contribution in [1.82, 2.24) is 4.90 Å². The molecule has 0 aromatic carbocycles. The van der Waals surface area contributed by atoms with Crippen molar-refractivity contribution in [3.05, 3.63) is 0 Å². The van der Waals surface area contributed by atoms with E-state index in [4.69, 9.17) is 0 Å². The van der Waals surface area contributed by atoms with Crippen molar-refractivity contribution in [2.24, 2.45) is 4.74 Å². The van der Waals surface area contributed by atoms with Crippen molar-refractivity contribution in [1.29, 1.82) is 0 Å². The Morgan fingerprint density at radius 2 is 2.00 bits per heavy atom. The summed E-state index contributed by atoms with van der Waals surface area (Å²) in [6, 6.07) is 0. The molecule has 2 nitrogen and oxygen atoms in total. The number of likely N-dealkylation sites (tertiary alicyclic amines) is 1. The first-order valence-electron chi connectivity index (χ1n) is 4.81. The standard InChI is InChI=1S/C8H17BN2P/c12-10-8-9-4-7-11-5-2-1-3-6-11/h12H,1-8H2. The molecular weight excluding hydrogens is 166 g/mol. The quantitative estimate of drug-likeness (QED) is 0.361. The fraction of sp³-hybridized carbons (Fsp3) is 1.00. The molecule has 0 unspecified atom stereocenters. The summed E-state index contributed by atoms with van der Waals surface area (Å²) in [6.07, 6.45) is 6.22. The summed E-state index contributed by atoms with van der Waals surface area (Å²) in [5.74, 6) is 0. The van der Waals surface area contributed by atoms with E-state index in [-0.39, 0.29) is 0 Å². The van der Waals surface area contributed by atoms with Crippen molar-refractivity contribution in [3.8, 4) is 0 Å². The first-order chi connectivity index (χ1) is 5.93. The third-order valence-corrected chi connectivity index (χ3v) is 2.50. The van der Waals surface area contributed by atoms with E-state index in [0.717, 1.165) is 6.44 Å². The van der Waals surface area contributed by atoms with Gasteiger partial charge in [-0.15, -0.1) is 0 Å². The first-order valence-corrected chi connectivity index (χ1v) is 5.25. The van der Waals surface area contributed by atoms with Crippen LogP contribution in [0.5, 0.6) is 0 Å². The van der Waals surface area contributed by atoms with Crippen LogP contribution in [0.3, 0.4) is 0 Å². The van der Waals surface area contributed by atoms with Gasteiger partial charge in [-0.2, -0.15) is 0 Å². The summed E-state index contributed by atoms with van der Waals surface area (Å²) in [7, 11) is 5.32. The Morgan fingerprint density at radius 3 is 2.67 bits per heavy atom. The molecule has 1 radical (unpaired) electrons. The predicted octanol–water partition coefficient (Wildman–Crippen LogP) is 1.88. The van der Waals surface area contributed by atoms with Gasteiger partial charge in [0.1, 0.15) is 7.28 Å². The van der Waals surface area contributed by atoms with Gasteiger partial charge in [0.2, 0.25) is 0 Å². The zero-order chi connectivity index (χ0) is 8.65. The van der Waals surface area contributed by atoms with E-state index in [2.05, 4.69) is 26.0 Å². The second-order valence-corrected chi connectivity index (χ2v) is 3.64. The predicted molar refractivity (Wildman–Crippen MR) is 56.5 cm³/mol. The number of piperidine rings is 1. The van der Waals surface area contributed by atoms with Crippen LogP contribution in [0.15, 0.2) is 4.74 Å². The summed E-state index contributed by atoms with van der Waals surface area (Å²) in [6.45, 7) is 3.83. The molecule has 1 rings (SSSR count). The van der Waals surface area contributed by atoms with Crippen LogP contribution in [0, 0.1) is 0 Å². The van der Waals surface area contributed by atoms with Crippen molar-refractivity contribution in [3.63, 3.8) is 0 Å². The molecule has 0 aromatic rings. The largest absolute Gasteiger partial charge is 0.304 e. The van der Waals surface area contributed by atoms with E-state index in [0.29, 0.717) is 0 Å². The molecule has 1 aliphatic rings. The highest BCUT2D eigenvalue weighted by atomic mass is 31.0. The lowest BCUT2D eigenvalue weighted by molar-refractivity contribution is 0.240. The lowest BCUT2D eigenvalue weighted by Gasteiger charge is -2.26. The molecular formula is C8H17BN2P. The van der Waals surface area contributed by atoms with Gasteiger partial charge in [0.05, 0.1) is 0 Å². The molecule has 1 saturated heterocycles. The van der Waals surface area contributed by atoms with Gasteiger partial charge in [-0.3, -0.25) is 4.74 Å². The van der Waals surface area contributed by atoms with Gasteiger partial charge in [-0.05, 0) is 41.5 Å². The van der Waals surface area contributed by atoms with Crippen LogP contribution in [0.2, 0.25) is 6.32 Å². The second-order valence-electron chi connectivity index (χ2n) is 3.32. The molecule has 0 amide bonds.